The summed E-state index contributed by atoms with van der Waals surface area (Å²) in [6, 6.07) is 9.84. The van der Waals surface area contributed by atoms with Crippen molar-refractivity contribution in [3.8, 4) is 0 Å². The van der Waals surface area contributed by atoms with E-state index >= 15 is 0 Å². The lowest BCUT2D eigenvalue weighted by Gasteiger charge is -2.12. The average Bonchev–Trinajstić information content (AvgIpc) is 2.72. The summed E-state index contributed by atoms with van der Waals surface area (Å²) in [4.78, 5) is 0. The molecule has 0 amide bonds. The van der Waals surface area contributed by atoms with Crippen molar-refractivity contribution in [1.29, 1.82) is 0 Å². The van der Waals surface area contributed by atoms with E-state index in [1.54, 1.807) is 0 Å². The maximum absolute atomic E-state index is 10.1. The average molecular weight is 247 g/mol. The van der Waals surface area contributed by atoms with Gasteiger partial charge in [-0.2, -0.15) is 0 Å². The minimum Gasteiger partial charge on any atom is -0.387 e. The molecule has 1 aliphatic rings. The Morgan fingerprint density at radius 1 is 1.11 bits per heavy atom. The number of aliphatic hydroxyl groups excluding tert-OH is 1. The van der Waals surface area contributed by atoms with Gasteiger partial charge in [-0.25, -0.2) is 0 Å². The highest BCUT2D eigenvalue weighted by molar-refractivity contribution is 5.18. The third-order valence-corrected chi connectivity index (χ3v) is 5.19. The highest BCUT2D eigenvalue weighted by Gasteiger charge is 2.63. The Bertz CT molecular complexity index is 383. The van der Waals surface area contributed by atoms with Crippen molar-refractivity contribution in [3.05, 3.63) is 35.9 Å². The predicted molar refractivity (Wildman–Crippen MR) is 75.3 cm³/mol. The van der Waals surface area contributed by atoms with Crippen LogP contribution >= 0.6 is 0 Å². The third-order valence-electron chi connectivity index (χ3n) is 5.19. The van der Waals surface area contributed by atoms with E-state index in [2.05, 4.69) is 33.0 Å². The maximum atomic E-state index is 10.1. The molecule has 1 aliphatic carbocycles. The van der Waals surface area contributed by atoms with Crippen LogP contribution < -0.4 is 5.32 Å². The molecule has 0 bridgehead atoms. The molecule has 0 aliphatic heterocycles. The highest BCUT2D eigenvalue weighted by atomic mass is 16.3. The fourth-order valence-corrected chi connectivity index (χ4v) is 3.00. The van der Waals surface area contributed by atoms with Crippen LogP contribution in [-0.2, 0) is 0 Å². The monoisotopic (exact) mass is 247 g/mol. The first kappa shape index (κ1) is 13.6. The van der Waals surface area contributed by atoms with Gasteiger partial charge >= 0.3 is 0 Å². The zero-order valence-electron chi connectivity index (χ0n) is 11.9. The first-order valence-electron chi connectivity index (χ1n) is 6.81. The normalized spacial score (nSPS) is 22.7. The van der Waals surface area contributed by atoms with Crippen molar-refractivity contribution in [1.82, 2.24) is 5.32 Å². The smallest absolute Gasteiger partial charge is 0.0914 e. The zero-order chi connectivity index (χ0) is 13.4. The summed E-state index contributed by atoms with van der Waals surface area (Å²) in [5.74, 6) is 0.702. The Hall–Kier alpha value is -0.860. The second kappa shape index (κ2) is 4.67. The van der Waals surface area contributed by atoms with Crippen LogP contribution in [-0.4, -0.2) is 18.2 Å². The van der Waals surface area contributed by atoms with Gasteiger partial charge < -0.3 is 10.4 Å². The molecule has 1 aromatic rings. The van der Waals surface area contributed by atoms with Crippen molar-refractivity contribution in [2.24, 2.45) is 16.7 Å². The molecule has 0 aromatic heterocycles. The molecule has 2 N–H and O–H groups in total. The largest absolute Gasteiger partial charge is 0.387 e. The van der Waals surface area contributed by atoms with Gasteiger partial charge in [0.05, 0.1) is 6.10 Å². The van der Waals surface area contributed by atoms with E-state index in [-0.39, 0.29) is 0 Å². The Morgan fingerprint density at radius 2 is 1.67 bits per heavy atom. The van der Waals surface area contributed by atoms with Crippen molar-refractivity contribution < 1.29 is 5.11 Å². The summed E-state index contributed by atoms with van der Waals surface area (Å²) in [7, 11) is 0. The van der Waals surface area contributed by atoms with E-state index < -0.39 is 6.10 Å². The van der Waals surface area contributed by atoms with Crippen molar-refractivity contribution in [3.63, 3.8) is 0 Å². The summed E-state index contributed by atoms with van der Waals surface area (Å²) in [6.45, 7) is 10.9. The zero-order valence-corrected chi connectivity index (χ0v) is 11.9. The lowest BCUT2D eigenvalue weighted by atomic mass is 10.0. The summed E-state index contributed by atoms with van der Waals surface area (Å²) < 4.78 is 0. The minimum absolute atomic E-state index is 0.406. The fourth-order valence-electron chi connectivity index (χ4n) is 3.00. The van der Waals surface area contributed by atoms with Crippen LogP contribution in [0.15, 0.2) is 30.3 Å². The predicted octanol–water partition coefficient (Wildman–Crippen LogP) is 2.99. The fraction of sp³-hybridized carbons (Fsp3) is 0.625. The molecular formula is C16H25NO. The van der Waals surface area contributed by atoms with Crippen LogP contribution in [0, 0.1) is 16.7 Å². The summed E-state index contributed by atoms with van der Waals surface area (Å²) in [6.07, 6.45) is -0.406. The van der Waals surface area contributed by atoms with Gasteiger partial charge in [0.2, 0.25) is 0 Å². The van der Waals surface area contributed by atoms with Gasteiger partial charge in [0.25, 0.3) is 0 Å². The van der Waals surface area contributed by atoms with Crippen LogP contribution in [0.1, 0.15) is 39.4 Å². The van der Waals surface area contributed by atoms with Gasteiger partial charge in [0, 0.05) is 6.54 Å². The molecule has 1 atom stereocenters. The maximum Gasteiger partial charge on any atom is 0.0914 e. The Morgan fingerprint density at radius 3 is 2.17 bits per heavy atom. The number of hydrogen-bond donors (Lipinski definition) is 2. The van der Waals surface area contributed by atoms with E-state index in [0.717, 1.165) is 12.1 Å². The summed E-state index contributed by atoms with van der Waals surface area (Å²) >= 11 is 0. The van der Waals surface area contributed by atoms with Gasteiger partial charge in [0.1, 0.15) is 0 Å². The molecule has 0 radical (unpaired) electrons. The van der Waals surface area contributed by atoms with E-state index in [4.69, 9.17) is 0 Å². The van der Waals surface area contributed by atoms with Crippen LogP contribution in [0.25, 0.3) is 0 Å². The molecule has 100 valence electrons. The highest BCUT2D eigenvalue weighted by Crippen LogP contribution is 2.67. The molecule has 2 nitrogen and oxygen atoms in total. The Kier molecular flexibility index (Phi) is 3.52. The molecular weight excluding hydrogens is 222 g/mol. The quantitative estimate of drug-likeness (QED) is 0.838. The van der Waals surface area contributed by atoms with Crippen LogP contribution in [0.3, 0.4) is 0 Å². The molecule has 1 fully saturated rings. The second-order valence-corrected chi connectivity index (χ2v) is 6.58. The molecule has 2 heteroatoms. The molecule has 1 unspecified atom stereocenters. The molecule has 0 saturated heterocycles. The molecule has 1 aromatic carbocycles. The van der Waals surface area contributed by atoms with Crippen molar-refractivity contribution in [2.45, 2.75) is 33.8 Å². The third kappa shape index (κ3) is 2.32. The lowest BCUT2D eigenvalue weighted by molar-refractivity contribution is 0.173. The summed E-state index contributed by atoms with van der Waals surface area (Å²) in [5, 5.41) is 13.5. The van der Waals surface area contributed by atoms with E-state index in [1.807, 2.05) is 30.3 Å². The molecule has 2 rings (SSSR count). The topological polar surface area (TPSA) is 32.3 Å². The van der Waals surface area contributed by atoms with E-state index in [1.165, 1.54) is 0 Å². The van der Waals surface area contributed by atoms with Gasteiger partial charge in [-0.15, -0.1) is 0 Å². The number of nitrogens with one attached hydrogen (secondary N) is 1. The standard InChI is InChI=1S/C16H25NO/c1-15(2)14(16(15,3)4)11-17-10-13(18)12-8-6-5-7-9-12/h5-9,13-14,17-18H,10-11H2,1-4H3. The first-order chi connectivity index (χ1) is 8.37. The second-order valence-electron chi connectivity index (χ2n) is 6.58. The number of rotatable bonds is 5. The molecule has 18 heavy (non-hydrogen) atoms. The van der Waals surface area contributed by atoms with Crippen molar-refractivity contribution in [2.75, 3.05) is 13.1 Å². The van der Waals surface area contributed by atoms with Gasteiger partial charge in [-0.1, -0.05) is 58.0 Å². The minimum atomic E-state index is -0.406. The van der Waals surface area contributed by atoms with E-state index in [9.17, 15) is 5.11 Å². The Labute approximate surface area is 110 Å². The lowest BCUT2D eigenvalue weighted by Crippen LogP contribution is -2.25. The molecule has 0 heterocycles. The van der Waals surface area contributed by atoms with Crippen molar-refractivity contribution >= 4 is 0 Å². The number of hydrogen-bond acceptors (Lipinski definition) is 2. The Balaban J connectivity index is 1.77. The van der Waals surface area contributed by atoms with Crippen LogP contribution in [0.4, 0.5) is 0 Å². The molecule has 1 saturated carbocycles. The molecule has 0 spiro atoms. The van der Waals surface area contributed by atoms with Crippen LogP contribution in [0.5, 0.6) is 0 Å². The number of benzene rings is 1. The van der Waals surface area contributed by atoms with E-state index in [0.29, 0.717) is 23.3 Å². The summed E-state index contributed by atoms with van der Waals surface area (Å²) in [5.41, 5.74) is 1.81. The van der Waals surface area contributed by atoms with Gasteiger partial charge in [-0.05, 0) is 28.9 Å². The number of aliphatic hydroxyl groups is 1. The van der Waals surface area contributed by atoms with Crippen LogP contribution in [0.2, 0.25) is 0 Å². The SMILES string of the molecule is CC1(C)C(CNCC(O)c2ccccc2)C1(C)C. The van der Waals surface area contributed by atoms with Gasteiger partial charge in [-0.3, -0.25) is 0 Å². The van der Waals surface area contributed by atoms with Gasteiger partial charge in [0.15, 0.2) is 0 Å². The first-order valence-corrected chi connectivity index (χ1v) is 6.81.